The average molecular weight is 393 g/mol. The Labute approximate surface area is 176 Å². The van der Waals surface area contributed by atoms with Crippen LogP contribution in [0.15, 0.2) is 88.3 Å². The molecule has 2 aromatic carbocycles. The molecule has 3 heterocycles. The molecule has 0 saturated heterocycles. The minimum Gasteiger partial charge on any atom is -0.437 e. The van der Waals surface area contributed by atoms with Gasteiger partial charge in [0.25, 0.3) is 0 Å². The van der Waals surface area contributed by atoms with E-state index in [0.717, 1.165) is 51.7 Å². The number of aliphatic imine (C=N–C) groups is 1. The topological polar surface area (TPSA) is 38.4 Å². The lowest BCUT2D eigenvalue weighted by Crippen LogP contribution is -2.13. The van der Waals surface area contributed by atoms with E-state index >= 15 is 0 Å². The van der Waals surface area contributed by atoms with Crippen molar-refractivity contribution >= 4 is 27.8 Å². The molecule has 3 nitrogen and oxygen atoms in total. The molecule has 148 valence electrons. The van der Waals surface area contributed by atoms with Gasteiger partial charge >= 0.3 is 0 Å². The van der Waals surface area contributed by atoms with Crippen LogP contribution in [0.1, 0.15) is 31.4 Å². The summed E-state index contributed by atoms with van der Waals surface area (Å²) in [6.45, 7) is 8.38. The van der Waals surface area contributed by atoms with Crippen LogP contribution in [0, 0.1) is 0 Å². The van der Waals surface area contributed by atoms with Crippen molar-refractivity contribution in [1.82, 2.24) is 4.98 Å². The minimum absolute atomic E-state index is 0.138. The number of pyridine rings is 1. The fraction of sp³-hybridized carbons (Fsp3) is 0.185. The third-order valence-corrected chi connectivity index (χ3v) is 5.97. The first-order chi connectivity index (χ1) is 14.7. The molecule has 5 rings (SSSR count). The summed E-state index contributed by atoms with van der Waals surface area (Å²) in [5, 5.41) is 2.09. The quantitative estimate of drug-likeness (QED) is 0.356. The highest BCUT2D eigenvalue weighted by atomic mass is 16.3. The molecule has 0 amide bonds. The maximum absolute atomic E-state index is 6.37. The minimum atomic E-state index is 0.138. The van der Waals surface area contributed by atoms with Crippen LogP contribution < -0.4 is 0 Å². The SMILES string of the molecule is C=CC1=NC(C)/C(CC)=C\Cc2ccc3c(oc4nc(-c5ccccc5)ccc43)c21. The van der Waals surface area contributed by atoms with Gasteiger partial charge in [0.1, 0.15) is 5.58 Å². The van der Waals surface area contributed by atoms with Gasteiger partial charge < -0.3 is 4.42 Å². The standard InChI is InChI=1S/C27H24N2O/c1-4-18-11-12-20-13-14-21-22-15-16-24(19-9-7-6-8-10-19)29-27(22)30-26(21)25(20)23(5-2)28-17(18)3/h5-11,13-17H,2,4,12H2,1,3H3/b18-11-,28-23?. The Kier molecular flexibility index (Phi) is 4.59. The van der Waals surface area contributed by atoms with Crippen molar-refractivity contribution in [2.45, 2.75) is 32.7 Å². The molecular weight excluding hydrogens is 368 g/mol. The second kappa shape index (κ2) is 7.42. The highest BCUT2D eigenvalue weighted by molar-refractivity contribution is 6.19. The largest absolute Gasteiger partial charge is 0.437 e. The van der Waals surface area contributed by atoms with Gasteiger partial charge in [-0.1, -0.05) is 67.6 Å². The Balaban J connectivity index is 1.75. The van der Waals surface area contributed by atoms with Crippen molar-refractivity contribution in [3.63, 3.8) is 0 Å². The Hall–Kier alpha value is -3.46. The molecule has 30 heavy (non-hydrogen) atoms. The van der Waals surface area contributed by atoms with Gasteiger partial charge in [-0.3, -0.25) is 4.99 Å². The summed E-state index contributed by atoms with van der Waals surface area (Å²) >= 11 is 0. The van der Waals surface area contributed by atoms with Gasteiger partial charge in [0.15, 0.2) is 0 Å². The zero-order valence-corrected chi connectivity index (χ0v) is 17.4. The molecule has 4 aromatic rings. The van der Waals surface area contributed by atoms with Gasteiger partial charge in [0.05, 0.1) is 17.4 Å². The molecule has 0 N–H and O–H groups in total. The normalized spacial score (nSPS) is 18.3. The summed E-state index contributed by atoms with van der Waals surface area (Å²) < 4.78 is 6.37. The summed E-state index contributed by atoms with van der Waals surface area (Å²) in [6.07, 6.45) is 6.03. The summed E-state index contributed by atoms with van der Waals surface area (Å²) in [5.41, 5.74) is 7.99. The number of nitrogens with zero attached hydrogens (tertiary/aromatic N) is 2. The molecular formula is C27H24N2O. The number of rotatable bonds is 3. The lowest BCUT2D eigenvalue weighted by atomic mass is 9.93. The van der Waals surface area contributed by atoms with Gasteiger partial charge in [-0.15, -0.1) is 0 Å². The number of allylic oxidation sites excluding steroid dienone is 2. The summed E-state index contributed by atoms with van der Waals surface area (Å²) in [6, 6.07) is 18.8. The van der Waals surface area contributed by atoms with Crippen molar-refractivity contribution in [3.8, 4) is 11.3 Å². The summed E-state index contributed by atoms with van der Waals surface area (Å²) in [4.78, 5) is 9.80. The monoisotopic (exact) mass is 392 g/mol. The zero-order valence-electron chi connectivity index (χ0n) is 17.4. The number of aromatic nitrogens is 1. The van der Waals surface area contributed by atoms with Crippen LogP contribution in [-0.2, 0) is 6.42 Å². The number of hydrogen-bond acceptors (Lipinski definition) is 3. The molecule has 0 radical (unpaired) electrons. The first kappa shape index (κ1) is 18.6. The fourth-order valence-corrected chi connectivity index (χ4v) is 4.34. The van der Waals surface area contributed by atoms with Gasteiger partial charge in [-0.2, -0.15) is 0 Å². The van der Waals surface area contributed by atoms with Crippen LogP contribution in [0.5, 0.6) is 0 Å². The average Bonchev–Trinajstić information content (AvgIpc) is 3.15. The van der Waals surface area contributed by atoms with E-state index in [1.54, 1.807) is 0 Å². The fourth-order valence-electron chi connectivity index (χ4n) is 4.34. The lowest BCUT2D eigenvalue weighted by Gasteiger charge is -2.18. The van der Waals surface area contributed by atoms with E-state index < -0.39 is 0 Å². The number of hydrogen-bond donors (Lipinski definition) is 0. The highest BCUT2D eigenvalue weighted by Crippen LogP contribution is 2.35. The second-order valence-electron chi connectivity index (χ2n) is 7.72. The van der Waals surface area contributed by atoms with Crippen molar-refractivity contribution in [3.05, 3.63) is 90.0 Å². The van der Waals surface area contributed by atoms with E-state index in [4.69, 9.17) is 14.4 Å². The number of fused-ring (bicyclic) bond motifs is 5. The van der Waals surface area contributed by atoms with Gasteiger partial charge in [0, 0.05) is 21.9 Å². The molecule has 1 aliphatic rings. The van der Waals surface area contributed by atoms with Crippen LogP contribution in [0.2, 0.25) is 0 Å². The van der Waals surface area contributed by atoms with E-state index in [1.807, 2.05) is 24.3 Å². The molecule has 0 aliphatic carbocycles. The predicted molar refractivity (Wildman–Crippen MR) is 125 cm³/mol. The molecule has 0 saturated carbocycles. The van der Waals surface area contributed by atoms with Gasteiger partial charge in [-0.05, 0) is 43.5 Å². The lowest BCUT2D eigenvalue weighted by molar-refractivity contribution is 0.653. The van der Waals surface area contributed by atoms with E-state index in [1.165, 1.54) is 11.1 Å². The van der Waals surface area contributed by atoms with Crippen molar-refractivity contribution in [1.29, 1.82) is 0 Å². The van der Waals surface area contributed by atoms with Gasteiger partial charge in [0.2, 0.25) is 5.71 Å². The van der Waals surface area contributed by atoms with E-state index in [9.17, 15) is 0 Å². The Morgan fingerprint density at radius 2 is 1.87 bits per heavy atom. The summed E-state index contributed by atoms with van der Waals surface area (Å²) in [5.74, 6) is 0. The van der Waals surface area contributed by atoms with E-state index in [0.29, 0.717) is 5.71 Å². The molecule has 0 spiro atoms. The maximum atomic E-state index is 6.37. The third-order valence-electron chi connectivity index (χ3n) is 5.97. The molecule has 1 unspecified atom stereocenters. The highest BCUT2D eigenvalue weighted by Gasteiger charge is 2.21. The Morgan fingerprint density at radius 1 is 1.07 bits per heavy atom. The molecule has 1 atom stereocenters. The zero-order chi connectivity index (χ0) is 20.7. The number of benzene rings is 2. The van der Waals surface area contributed by atoms with Crippen molar-refractivity contribution in [2.24, 2.45) is 4.99 Å². The first-order valence-corrected chi connectivity index (χ1v) is 10.5. The predicted octanol–water partition coefficient (Wildman–Crippen LogP) is 6.90. The smallest absolute Gasteiger partial charge is 0.227 e. The molecule has 1 aliphatic heterocycles. The van der Waals surface area contributed by atoms with E-state index in [-0.39, 0.29) is 6.04 Å². The van der Waals surface area contributed by atoms with Gasteiger partial charge in [-0.25, -0.2) is 4.98 Å². The Morgan fingerprint density at radius 3 is 2.63 bits per heavy atom. The summed E-state index contributed by atoms with van der Waals surface area (Å²) in [7, 11) is 0. The van der Waals surface area contributed by atoms with Crippen LogP contribution >= 0.6 is 0 Å². The second-order valence-corrected chi connectivity index (χ2v) is 7.72. The van der Waals surface area contributed by atoms with Crippen molar-refractivity contribution in [2.75, 3.05) is 0 Å². The molecule has 0 bridgehead atoms. The van der Waals surface area contributed by atoms with Crippen LogP contribution in [0.3, 0.4) is 0 Å². The van der Waals surface area contributed by atoms with Crippen LogP contribution in [-0.4, -0.2) is 16.7 Å². The van der Waals surface area contributed by atoms with Crippen LogP contribution in [0.25, 0.3) is 33.3 Å². The molecule has 2 aromatic heterocycles. The van der Waals surface area contributed by atoms with E-state index in [2.05, 4.69) is 62.9 Å². The number of furan rings is 1. The molecule has 0 fully saturated rings. The first-order valence-electron chi connectivity index (χ1n) is 10.5. The van der Waals surface area contributed by atoms with Crippen LogP contribution in [0.4, 0.5) is 0 Å². The molecule has 3 heteroatoms. The maximum Gasteiger partial charge on any atom is 0.227 e. The van der Waals surface area contributed by atoms with Crippen molar-refractivity contribution < 1.29 is 4.42 Å². The Bertz CT molecular complexity index is 1330. The third kappa shape index (κ3) is 2.98.